The van der Waals surface area contributed by atoms with Gasteiger partial charge in [-0.15, -0.1) is 11.6 Å². The Kier molecular flexibility index (Phi) is 3.92. The number of alkyl halides is 1. The van der Waals surface area contributed by atoms with Crippen LogP contribution in [-0.4, -0.2) is 14.7 Å². The van der Waals surface area contributed by atoms with Gasteiger partial charge in [0.1, 0.15) is 17.4 Å². The molecule has 3 rings (SSSR count). The first-order chi connectivity index (χ1) is 10.0. The van der Waals surface area contributed by atoms with Gasteiger partial charge < -0.3 is 9.09 Å². The van der Waals surface area contributed by atoms with Gasteiger partial charge in [0.25, 0.3) is 0 Å². The molecule has 0 amide bonds. The molecule has 110 valence electrons. The fraction of sp³-hybridized carbons (Fsp3) is 0.286. The SMILES string of the molecule is Cc1noc(C)c1Cn1c(CCl)nc2cc(I)c(F)cc21. The zero-order valence-corrected chi connectivity index (χ0v) is 14.4. The molecule has 0 spiro atoms. The third-order valence-corrected chi connectivity index (χ3v) is 4.55. The van der Waals surface area contributed by atoms with Gasteiger partial charge in [0.15, 0.2) is 0 Å². The van der Waals surface area contributed by atoms with Crippen LogP contribution in [0.4, 0.5) is 4.39 Å². The maximum atomic E-state index is 13.9. The topological polar surface area (TPSA) is 43.9 Å². The Labute approximate surface area is 139 Å². The Balaban J connectivity index is 2.18. The third kappa shape index (κ3) is 2.55. The molecule has 21 heavy (non-hydrogen) atoms. The minimum absolute atomic E-state index is 0.260. The number of hydrogen-bond donors (Lipinski definition) is 0. The first-order valence-corrected chi connectivity index (χ1v) is 7.94. The van der Waals surface area contributed by atoms with Crippen molar-refractivity contribution in [3.8, 4) is 0 Å². The summed E-state index contributed by atoms with van der Waals surface area (Å²) >= 11 is 7.94. The highest BCUT2D eigenvalue weighted by atomic mass is 127. The lowest BCUT2D eigenvalue weighted by molar-refractivity contribution is 0.392. The lowest BCUT2D eigenvalue weighted by Gasteiger charge is -2.07. The van der Waals surface area contributed by atoms with Gasteiger partial charge in [0.05, 0.1) is 32.7 Å². The smallest absolute Gasteiger partial charge is 0.138 e. The number of rotatable bonds is 3. The van der Waals surface area contributed by atoms with Crippen LogP contribution in [0.2, 0.25) is 0 Å². The van der Waals surface area contributed by atoms with Gasteiger partial charge >= 0.3 is 0 Å². The van der Waals surface area contributed by atoms with Gasteiger partial charge in [0, 0.05) is 11.6 Å². The highest BCUT2D eigenvalue weighted by Crippen LogP contribution is 2.25. The largest absolute Gasteiger partial charge is 0.361 e. The fourth-order valence-electron chi connectivity index (χ4n) is 2.33. The third-order valence-electron chi connectivity index (χ3n) is 3.49. The summed E-state index contributed by atoms with van der Waals surface area (Å²) in [5.41, 5.74) is 3.26. The predicted octanol–water partition coefficient (Wildman–Crippen LogP) is 4.17. The van der Waals surface area contributed by atoms with Crippen molar-refractivity contribution in [2.24, 2.45) is 0 Å². The summed E-state index contributed by atoms with van der Waals surface area (Å²) in [7, 11) is 0. The van der Waals surface area contributed by atoms with Crippen LogP contribution in [0.3, 0.4) is 0 Å². The van der Waals surface area contributed by atoms with E-state index in [4.69, 9.17) is 16.1 Å². The van der Waals surface area contributed by atoms with Crippen molar-refractivity contribution in [3.05, 3.63) is 44.4 Å². The molecule has 0 aliphatic carbocycles. The van der Waals surface area contributed by atoms with Gasteiger partial charge in [0.2, 0.25) is 0 Å². The van der Waals surface area contributed by atoms with Gasteiger partial charge in [-0.25, -0.2) is 9.37 Å². The van der Waals surface area contributed by atoms with E-state index in [2.05, 4.69) is 10.1 Å². The zero-order valence-electron chi connectivity index (χ0n) is 11.5. The lowest BCUT2D eigenvalue weighted by Crippen LogP contribution is -2.05. The van der Waals surface area contributed by atoms with Crippen LogP contribution in [-0.2, 0) is 12.4 Å². The number of fused-ring (bicyclic) bond motifs is 1. The van der Waals surface area contributed by atoms with E-state index in [0.717, 1.165) is 28.1 Å². The average molecular weight is 420 g/mol. The maximum Gasteiger partial charge on any atom is 0.138 e. The summed E-state index contributed by atoms with van der Waals surface area (Å²) in [6.07, 6.45) is 0. The fourth-order valence-corrected chi connectivity index (χ4v) is 2.99. The molecule has 0 unspecified atom stereocenters. The second-order valence-electron chi connectivity index (χ2n) is 4.81. The Morgan fingerprint density at radius 3 is 2.76 bits per heavy atom. The maximum absolute atomic E-state index is 13.9. The predicted molar refractivity (Wildman–Crippen MR) is 87.0 cm³/mol. The molecule has 0 saturated carbocycles. The number of imidazole rings is 1. The number of aromatic nitrogens is 3. The van der Waals surface area contributed by atoms with Gasteiger partial charge in [-0.1, -0.05) is 5.16 Å². The van der Waals surface area contributed by atoms with Crippen molar-refractivity contribution in [1.29, 1.82) is 0 Å². The first-order valence-electron chi connectivity index (χ1n) is 6.33. The lowest BCUT2D eigenvalue weighted by atomic mass is 10.2. The normalized spacial score (nSPS) is 11.5. The molecule has 0 atom stereocenters. The number of nitrogens with zero attached hydrogens (tertiary/aromatic N) is 3. The van der Waals surface area contributed by atoms with Crippen molar-refractivity contribution in [1.82, 2.24) is 14.7 Å². The molecular formula is C14H12ClFIN3O. The molecule has 0 fully saturated rings. The van der Waals surface area contributed by atoms with E-state index in [-0.39, 0.29) is 11.7 Å². The van der Waals surface area contributed by atoms with Crippen molar-refractivity contribution in [3.63, 3.8) is 0 Å². The molecule has 0 N–H and O–H groups in total. The standard InChI is InChI=1S/C14H12ClFIN3O/c1-7-9(8(2)21-19-7)6-20-13-3-10(16)11(17)4-12(13)18-14(20)5-15/h3-4H,5-6H2,1-2H3. The van der Waals surface area contributed by atoms with E-state index >= 15 is 0 Å². The quantitative estimate of drug-likeness (QED) is 0.473. The summed E-state index contributed by atoms with van der Waals surface area (Å²) in [6, 6.07) is 3.23. The summed E-state index contributed by atoms with van der Waals surface area (Å²) < 4.78 is 21.5. The summed E-state index contributed by atoms with van der Waals surface area (Å²) in [6.45, 7) is 4.26. The second kappa shape index (κ2) is 5.57. The molecule has 0 bridgehead atoms. The van der Waals surface area contributed by atoms with Crippen LogP contribution >= 0.6 is 34.2 Å². The van der Waals surface area contributed by atoms with E-state index < -0.39 is 0 Å². The summed E-state index contributed by atoms with van der Waals surface area (Å²) in [5, 5.41) is 3.95. The average Bonchev–Trinajstić information content (AvgIpc) is 2.94. The second-order valence-corrected chi connectivity index (χ2v) is 6.24. The number of halogens is 3. The van der Waals surface area contributed by atoms with Crippen molar-refractivity contribution in [2.75, 3.05) is 0 Å². The molecule has 0 aliphatic heterocycles. The molecule has 0 aliphatic rings. The van der Waals surface area contributed by atoms with Gasteiger partial charge in [-0.3, -0.25) is 0 Å². The van der Waals surface area contributed by atoms with E-state index in [1.54, 1.807) is 6.07 Å². The number of hydrogen-bond acceptors (Lipinski definition) is 3. The van der Waals surface area contributed by atoms with E-state index in [0.29, 0.717) is 15.9 Å². The summed E-state index contributed by atoms with van der Waals surface area (Å²) in [4.78, 5) is 4.48. The van der Waals surface area contributed by atoms with E-state index in [1.165, 1.54) is 6.07 Å². The van der Waals surface area contributed by atoms with E-state index in [9.17, 15) is 4.39 Å². The Hall–Kier alpha value is -1.15. The molecule has 1 aromatic carbocycles. The molecule has 0 radical (unpaired) electrons. The monoisotopic (exact) mass is 419 g/mol. The molecule has 2 heterocycles. The van der Waals surface area contributed by atoms with Crippen LogP contribution in [0.25, 0.3) is 11.0 Å². The number of benzene rings is 1. The van der Waals surface area contributed by atoms with Crippen molar-refractivity contribution in [2.45, 2.75) is 26.3 Å². The molecule has 2 aromatic heterocycles. The van der Waals surface area contributed by atoms with Crippen LogP contribution < -0.4 is 0 Å². The molecule has 0 saturated heterocycles. The zero-order chi connectivity index (χ0) is 15.1. The Morgan fingerprint density at radius 2 is 2.14 bits per heavy atom. The molecular weight excluding hydrogens is 408 g/mol. The summed E-state index contributed by atoms with van der Waals surface area (Å²) in [5.74, 6) is 1.45. The highest BCUT2D eigenvalue weighted by Gasteiger charge is 2.16. The Morgan fingerprint density at radius 1 is 1.38 bits per heavy atom. The van der Waals surface area contributed by atoms with Crippen molar-refractivity contribution >= 4 is 45.2 Å². The molecule has 3 aromatic rings. The van der Waals surface area contributed by atoms with E-state index in [1.807, 2.05) is 41.0 Å². The van der Waals surface area contributed by atoms with Crippen LogP contribution in [0.15, 0.2) is 16.7 Å². The first kappa shape index (κ1) is 14.8. The number of aryl methyl sites for hydroxylation is 2. The van der Waals surface area contributed by atoms with Gasteiger partial charge in [-0.2, -0.15) is 0 Å². The minimum Gasteiger partial charge on any atom is -0.361 e. The van der Waals surface area contributed by atoms with Crippen molar-refractivity contribution < 1.29 is 8.91 Å². The van der Waals surface area contributed by atoms with Crippen LogP contribution in [0.1, 0.15) is 22.8 Å². The molecule has 4 nitrogen and oxygen atoms in total. The van der Waals surface area contributed by atoms with Crippen LogP contribution in [0, 0.1) is 23.2 Å². The minimum atomic E-state index is -0.260. The molecule has 7 heteroatoms. The van der Waals surface area contributed by atoms with Crippen LogP contribution in [0.5, 0.6) is 0 Å². The Bertz CT molecular complexity index is 808. The highest BCUT2D eigenvalue weighted by molar-refractivity contribution is 14.1. The van der Waals surface area contributed by atoms with Gasteiger partial charge in [-0.05, 0) is 42.5 Å².